The Morgan fingerprint density at radius 1 is 1.29 bits per heavy atom. The van der Waals surface area contributed by atoms with E-state index < -0.39 is 0 Å². The van der Waals surface area contributed by atoms with Crippen molar-refractivity contribution in [2.75, 3.05) is 5.75 Å². The molecule has 0 fully saturated rings. The first kappa shape index (κ1) is 18.3. The SMILES string of the molecule is C=C(N)c1ccc(-c2cnc3[nH]cc(C(=O)C4=CC(CS)CC=C4)c3c2)cc1. The third kappa shape index (κ3) is 3.41. The van der Waals surface area contributed by atoms with Gasteiger partial charge in [-0.15, -0.1) is 0 Å². The molecule has 1 atom stereocenters. The molecule has 1 aliphatic carbocycles. The van der Waals surface area contributed by atoms with Crippen LogP contribution in [0.5, 0.6) is 0 Å². The van der Waals surface area contributed by atoms with Crippen LogP contribution in [-0.4, -0.2) is 21.5 Å². The summed E-state index contributed by atoms with van der Waals surface area (Å²) in [6.45, 7) is 3.76. The van der Waals surface area contributed by atoms with Gasteiger partial charge in [-0.2, -0.15) is 12.6 Å². The van der Waals surface area contributed by atoms with Crippen molar-refractivity contribution in [3.05, 3.63) is 84.2 Å². The van der Waals surface area contributed by atoms with Crippen LogP contribution in [0.4, 0.5) is 0 Å². The van der Waals surface area contributed by atoms with Gasteiger partial charge in [-0.1, -0.05) is 49.1 Å². The van der Waals surface area contributed by atoms with E-state index in [1.54, 1.807) is 12.4 Å². The van der Waals surface area contributed by atoms with E-state index in [0.717, 1.165) is 34.3 Å². The maximum absolute atomic E-state index is 13.1. The molecule has 28 heavy (non-hydrogen) atoms. The minimum absolute atomic E-state index is 0.00251. The Hall–Kier alpha value is -3.05. The van der Waals surface area contributed by atoms with Gasteiger partial charge in [-0.3, -0.25) is 4.79 Å². The molecule has 0 saturated carbocycles. The lowest BCUT2D eigenvalue weighted by Crippen LogP contribution is -2.08. The summed E-state index contributed by atoms with van der Waals surface area (Å²) in [6.07, 6.45) is 10.4. The summed E-state index contributed by atoms with van der Waals surface area (Å²) in [7, 11) is 0. The van der Waals surface area contributed by atoms with Gasteiger partial charge < -0.3 is 10.7 Å². The number of hydrogen-bond acceptors (Lipinski definition) is 4. The van der Waals surface area contributed by atoms with E-state index >= 15 is 0 Å². The number of carbonyl (C=O) groups is 1. The normalized spacial score (nSPS) is 16.2. The number of nitrogens with two attached hydrogens (primary N) is 1. The molecule has 1 aliphatic rings. The molecule has 0 saturated heterocycles. The van der Waals surface area contributed by atoms with Crippen molar-refractivity contribution in [2.24, 2.45) is 11.7 Å². The summed E-state index contributed by atoms with van der Waals surface area (Å²) in [5.74, 6) is 1.02. The van der Waals surface area contributed by atoms with Gasteiger partial charge in [0.2, 0.25) is 0 Å². The first-order chi connectivity index (χ1) is 13.6. The molecule has 2 aromatic heterocycles. The van der Waals surface area contributed by atoms with Crippen molar-refractivity contribution in [1.82, 2.24) is 9.97 Å². The molecule has 0 spiro atoms. The highest BCUT2D eigenvalue weighted by atomic mass is 32.1. The number of nitrogens with zero attached hydrogens (tertiary/aromatic N) is 1. The lowest BCUT2D eigenvalue weighted by molar-refractivity contribution is 0.103. The first-order valence-electron chi connectivity index (χ1n) is 9.13. The standard InChI is InChI=1S/C23H21N3OS/c1-14(24)16-5-7-17(8-6-16)19-10-20-21(12-26-23(20)25-11-19)22(27)18-4-2-3-15(9-18)13-28/h2,4-12,15,28H,1,3,13,24H2,(H,25,26). The molecule has 3 N–H and O–H groups in total. The van der Waals surface area contributed by atoms with E-state index in [9.17, 15) is 4.79 Å². The Balaban J connectivity index is 1.72. The number of nitrogens with one attached hydrogen (secondary N) is 1. The van der Waals surface area contributed by atoms with Crippen molar-refractivity contribution in [2.45, 2.75) is 6.42 Å². The predicted molar refractivity (Wildman–Crippen MR) is 118 cm³/mol. The van der Waals surface area contributed by atoms with Crippen molar-refractivity contribution in [1.29, 1.82) is 0 Å². The van der Waals surface area contributed by atoms with Gasteiger partial charge in [0.1, 0.15) is 5.65 Å². The topological polar surface area (TPSA) is 71.8 Å². The number of H-pyrrole nitrogens is 1. The number of ketones is 1. The van der Waals surface area contributed by atoms with Crippen molar-refractivity contribution < 1.29 is 4.79 Å². The zero-order valence-corrected chi connectivity index (χ0v) is 16.2. The summed E-state index contributed by atoms with van der Waals surface area (Å²) >= 11 is 4.36. The number of benzene rings is 1. The number of fused-ring (bicyclic) bond motifs is 1. The minimum Gasteiger partial charge on any atom is -0.399 e. The van der Waals surface area contributed by atoms with Gasteiger partial charge in [0.05, 0.1) is 0 Å². The van der Waals surface area contributed by atoms with E-state index in [-0.39, 0.29) is 5.78 Å². The Bertz CT molecular complexity index is 1120. The fraction of sp³-hybridized carbons (Fsp3) is 0.130. The van der Waals surface area contributed by atoms with E-state index in [0.29, 0.717) is 28.4 Å². The van der Waals surface area contributed by atoms with Crippen LogP contribution in [-0.2, 0) is 0 Å². The molecule has 4 nitrogen and oxygen atoms in total. The third-order valence-electron chi connectivity index (χ3n) is 5.01. The Morgan fingerprint density at radius 3 is 2.79 bits per heavy atom. The van der Waals surface area contributed by atoms with Gasteiger partial charge in [0.25, 0.3) is 0 Å². The van der Waals surface area contributed by atoms with Crippen LogP contribution in [0.15, 0.2) is 73.1 Å². The maximum Gasteiger partial charge on any atom is 0.194 e. The predicted octanol–water partition coefficient (Wildman–Crippen LogP) is 4.77. The van der Waals surface area contributed by atoms with E-state index in [1.165, 1.54) is 0 Å². The smallest absolute Gasteiger partial charge is 0.194 e. The Labute approximate surface area is 169 Å². The van der Waals surface area contributed by atoms with Crippen LogP contribution in [0.1, 0.15) is 22.3 Å². The molecule has 4 rings (SSSR count). The fourth-order valence-electron chi connectivity index (χ4n) is 3.41. The van der Waals surface area contributed by atoms with Gasteiger partial charge in [-0.05, 0) is 35.3 Å². The minimum atomic E-state index is 0.00251. The summed E-state index contributed by atoms with van der Waals surface area (Å²) in [4.78, 5) is 20.7. The monoisotopic (exact) mass is 387 g/mol. The van der Waals surface area contributed by atoms with Crippen molar-refractivity contribution in [3.8, 4) is 11.1 Å². The molecule has 2 heterocycles. The average molecular weight is 388 g/mol. The highest BCUT2D eigenvalue weighted by molar-refractivity contribution is 7.80. The zero-order chi connectivity index (χ0) is 19.7. The number of aromatic nitrogens is 2. The molecule has 0 bridgehead atoms. The summed E-state index contributed by atoms with van der Waals surface area (Å²) in [5, 5.41) is 0.817. The molecule has 1 aromatic carbocycles. The highest BCUT2D eigenvalue weighted by Gasteiger charge is 2.19. The molecule has 0 amide bonds. The van der Waals surface area contributed by atoms with Crippen LogP contribution in [0.25, 0.3) is 27.9 Å². The lowest BCUT2D eigenvalue weighted by Gasteiger charge is -2.13. The second kappa shape index (κ2) is 7.52. The maximum atomic E-state index is 13.1. The van der Waals surface area contributed by atoms with E-state index in [1.807, 2.05) is 48.6 Å². The van der Waals surface area contributed by atoms with Crippen molar-refractivity contribution in [3.63, 3.8) is 0 Å². The van der Waals surface area contributed by atoms with Gasteiger partial charge in [0.15, 0.2) is 5.78 Å². The second-order valence-corrected chi connectivity index (χ2v) is 7.32. The molecule has 1 unspecified atom stereocenters. The Morgan fingerprint density at radius 2 is 2.07 bits per heavy atom. The third-order valence-corrected chi connectivity index (χ3v) is 5.48. The molecule has 0 aliphatic heterocycles. The fourth-order valence-corrected chi connectivity index (χ4v) is 3.66. The second-order valence-electron chi connectivity index (χ2n) is 6.96. The van der Waals surface area contributed by atoms with Crippen LogP contribution >= 0.6 is 12.6 Å². The van der Waals surface area contributed by atoms with Gasteiger partial charge >= 0.3 is 0 Å². The van der Waals surface area contributed by atoms with Crippen LogP contribution < -0.4 is 5.73 Å². The van der Waals surface area contributed by atoms with Gasteiger partial charge in [0, 0.05) is 40.2 Å². The van der Waals surface area contributed by atoms with Crippen LogP contribution in [0, 0.1) is 5.92 Å². The number of rotatable bonds is 5. The Kier molecular flexibility index (Phi) is 4.92. The summed E-state index contributed by atoms with van der Waals surface area (Å²) < 4.78 is 0. The van der Waals surface area contributed by atoms with Crippen molar-refractivity contribution >= 4 is 35.1 Å². The zero-order valence-electron chi connectivity index (χ0n) is 15.4. The average Bonchev–Trinajstić information content (AvgIpc) is 3.16. The van der Waals surface area contributed by atoms with E-state index in [2.05, 4.69) is 29.2 Å². The number of hydrogen-bond donors (Lipinski definition) is 3. The quantitative estimate of drug-likeness (QED) is 0.436. The van der Waals surface area contributed by atoms with E-state index in [4.69, 9.17) is 5.73 Å². The molecule has 3 aromatic rings. The lowest BCUT2D eigenvalue weighted by atomic mass is 9.92. The highest BCUT2D eigenvalue weighted by Crippen LogP contribution is 2.28. The first-order valence-corrected chi connectivity index (χ1v) is 9.76. The van der Waals surface area contributed by atoms with Gasteiger partial charge in [-0.25, -0.2) is 4.98 Å². The molecular weight excluding hydrogens is 366 g/mol. The number of thiol groups is 1. The molecule has 5 heteroatoms. The number of Topliss-reactive ketones (excluding diaryl/α,β-unsaturated/α-hetero) is 1. The summed E-state index contributed by atoms with van der Waals surface area (Å²) in [5.41, 5.74) is 11.2. The number of carbonyl (C=O) groups excluding carboxylic acids is 1. The molecule has 140 valence electrons. The molecule has 0 radical (unpaired) electrons. The van der Waals surface area contributed by atoms with Crippen LogP contribution in [0.3, 0.4) is 0 Å². The number of pyridine rings is 1. The molecular formula is C23H21N3OS. The number of allylic oxidation sites excluding steroid dienone is 4. The largest absolute Gasteiger partial charge is 0.399 e. The number of aromatic amines is 1. The van der Waals surface area contributed by atoms with Crippen LogP contribution in [0.2, 0.25) is 0 Å². The summed E-state index contributed by atoms with van der Waals surface area (Å²) in [6, 6.07) is 9.82.